The minimum absolute atomic E-state index is 0.446. The Hall–Kier alpha value is -0.920. The molecular weight excluding hydrogens is 164 g/mol. The summed E-state index contributed by atoms with van der Waals surface area (Å²) >= 11 is 0. The number of aliphatic imine (C=N–C) groups is 1. The molecule has 3 nitrogen and oxygen atoms in total. The maximum absolute atomic E-state index is 9.91. The van der Waals surface area contributed by atoms with E-state index in [4.69, 9.17) is 0 Å². The quantitative estimate of drug-likeness (QED) is 0.371. The first-order valence-electron chi connectivity index (χ1n) is 4.64. The van der Waals surface area contributed by atoms with E-state index < -0.39 is 0 Å². The molecule has 13 heavy (non-hydrogen) atoms. The Bertz CT molecular complexity index is 231. The molecule has 0 saturated carbocycles. The van der Waals surface area contributed by atoms with Gasteiger partial charge < -0.3 is 4.90 Å². The van der Waals surface area contributed by atoms with Gasteiger partial charge in [-0.05, 0) is 32.4 Å². The molecule has 1 aliphatic heterocycles. The summed E-state index contributed by atoms with van der Waals surface area (Å²) < 4.78 is 0. The van der Waals surface area contributed by atoms with E-state index in [1.807, 2.05) is 0 Å². The Morgan fingerprint density at radius 3 is 3.15 bits per heavy atom. The van der Waals surface area contributed by atoms with Crippen LogP contribution in [0.2, 0.25) is 0 Å². The van der Waals surface area contributed by atoms with Crippen LogP contribution < -0.4 is 0 Å². The van der Waals surface area contributed by atoms with Crippen molar-refractivity contribution in [3.63, 3.8) is 0 Å². The molecule has 0 amide bonds. The average molecular weight is 180 g/mol. The van der Waals surface area contributed by atoms with Crippen molar-refractivity contribution in [1.29, 1.82) is 0 Å². The van der Waals surface area contributed by atoms with Gasteiger partial charge in [0.25, 0.3) is 0 Å². The topological polar surface area (TPSA) is 32.7 Å². The van der Waals surface area contributed by atoms with Crippen LogP contribution >= 0.6 is 0 Å². The van der Waals surface area contributed by atoms with Gasteiger partial charge in [-0.1, -0.05) is 12.2 Å². The number of likely N-dealkylation sites (tertiary alicyclic amines) is 1. The number of hydrogen-bond donors (Lipinski definition) is 0. The highest BCUT2D eigenvalue weighted by Crippen LogP contribution is 2.21. The van der Waals surface area contributed by atoms with Crippen molar-refractivity contribution in [3.05, 3.63) is 12.2 Å². The summed E-state index contributed by atoms with van der Waals surface area (Å²) in [6.07, 6.45) is 3.94. The maximum Gasteiger partial charge on any atom is 0.235 e. The predicted octanol–water partition coefficient (Wildman–Crippen LogP) is 1.22. The number of piperidine rings is 1. The van der Waals surface area contributed by atoms with Crippen molar-refractivity contribution in [3.8, 4) is 0 Å². The number of hydrogen-bond acceptors (Lipinski definition) is 3. The third-order valence-electron chi connectivity index (χ3n) is 2.55. The lowest BCUT2D eigenvalue weighted by atomic mass is 9.91. The van der Waals surface area contributed by atoms with Crippen LogP contribution in [0.15, 0.2) is 17.1 Å². The summed E-state index contributed by atoms with van der Waals surface area (Å²) in [6.45, 7) is 6.61. The van der Waals surface area contributed by atoms with Crippen molar-refractivity contribution >= 4 is 6.08 Å². The second-order valence-corrected chi connectivity index (χ2v) is 3.67. The lowest BCUT2D eigenvalue weighted by molar-refractivity contribution is 0.230. The Morgan fingerprint density at radius 2 is 2.54 bits per heavy atom. The van der Waals surface area contributed by atoms with E-state index in [0.717, 1.165) is 12.1 Å². The fourth-order valence-corrected chi connectivity index (χ4v) is 1.76. The SMILES string of the molecule is C=C(CN=C=O)C1CCCN(C)C1. The highest BCUT2D eigenvalue weighted by molar-refractivity contribution is 5.33. The second-order valence-electron chi connectivity index (χ2n) is 3.67. The minimum atomic E-state index is 0.446. The highest BCUT2D eigenvalue weighted by Gasteiger charge is 2.18. The van der Waals surface area contributed by atoms with Gasteiger partial charge in [-0.2, -0.15) is 0 Å². The molecule has 0 aromatic heterocycles. The summed E-state index contributed by atoms with van der Waals surface area (Å²) in [4.78, 5) is 15.8. The average Bonchev–Trinajstić information content (AvgIpc) is 2.14. The van der Waals surface area contributed by atoms with Crippen molar-refractivity contribution in [2.75, 3.05) is 26.7 Å². The predicted molar refractivity (Wildman–Crippen MR) is 52.3 cm³/mol. The molecule has 1 fully saturated rings. The van der Waals surface area contributed by atoms with Gasteiger partial charge in [0.1, 0.15) is 0 Å². The summed E-state index contributed by atoms with van der Waals surface area (Å²) in [5.74, 6) is 0.510. The standard InChI is InChI=1S/C10H16N2O/c1-9(6-11-8-13)10-4-3-5-12(2)7-10/h10H,1,3-7H2,2H3. The number of carbonyl (C=O) groups excluding carboxylic acids is 1. The van der Waals surface area contributed by atoms with E-state index in [9.17, 15) is 4.79 Å². The van der Waals surface area contributed by atoms with E-state index in [1.165, 1.54) is 19.4 Å². The van der Waals surface area contributed by atoms with Crippen LogP contribution in [0, 0.1) is 5.92 Å². The Morgan fingerprint density at radius 1 is 1.77 bits per heavy atom. The van der Waals surface area contributed by atoms with Crippen molar-refractivity contribution in [1.82, 2.24) is 4.90 Å². The molecule has 1 atom stereocenters. The zero-order valence-corrected chi connectivity index (χ0v) is 8.12. The normalized spacial score (nSPS) is 23.6. The van der Waals surface area contributed by atoms with Crippen LogP contribution in [0.4, 0.5) is 0 Å². The molecular formula is C10H16N2O. The van der Waals surface area contributed by atoms with Gasteiger partial charge in [-0.3, -0.25) is 0 Å². The molecule has 1 aliphatic rings. The van der Waals surface area contributed by atoms with Gasteiger partial charge in [0.2, 0.25) is 6.08 Å². The van der Waals surface area contributed by atoms with E-state index in [-0.39, 0.29) is 0 Å². The lowest BCUT2D eigenvalue weighted by Crippen LogP contribution is -2.33. The van der Waals surface area contributed by atoms with E-state index in [1.54, 1.807) is 6.08 Å². The number of rotatable bonds is 3. The number of nitrogens with zero attached hydrogens (tertiary/aromatic N) is 2. The largest absolute Gasteiger partial charge is 0.306 e. The molecule has 1 heterocycles. The molecule has 0 spiro atoms. The van der Waals surface area contributed by atoms with Gasteiger partial charge in [0.05, 0.1) is 6.54 Å². The van der Waals surface area contributed by atoms with Gasteiger partial charge >= 0.3 is 0 Å². The van der Waals surface area contributed by atoms with Crippen molar-refractivity contribution in [2.45, 2.75) is 12.8 Å². The van der Waals surface area contributed by atoms with Crippen molar-refractivity contribution < 1.29 is 4.79 Å². The molecule has 72 valence electrons. The van der Waals surface area contributed by atoms with E-state index in [0.29, 0.717) is 12.5 Å². The molecule has 0 aliphatic carbocycles. The Balaban J connectivity index is 2.41. The summed E-state index contributed by atoms with van der Waals surface area (Å²) in [5, 5.41) is 0. The van der Waals surface area contributed by atoms with Crippen LogP contribution in [0.5, 0.6) is 0 Å². The van der Waals surface area contributed by atoms with Crippen LogP contribution in [-0.4, -0.2) is 37.7 Å². The van der Waals surface area contributed by atoms with Crippen LogP contribution in [-0.2, 0) is 4.79 Å². The number of isocyanates is 1. The zero-order valence-electron chi connectivity index (χ0n) is 8.12. The van der Waals surface area contributed by atoms with Gasteiger partial charge in [-0.25, -0.2) is 9.79 Å². The van der Waals surface area contributed by atoms with E-state index >= 15 is 0 Å². The second kappa shape index (κ2) is 4.95. The first-order chi connectivity index (χ1) is 6.24. The molecule has 0 N–H and O–H groups in total. The van der Waals surface area contributed by atoms with Crippen LogP contribution in [0.3, 0.4) is 0 Å². The lowest BCUT2D eigenvalue weighted by Gasteiger charge is -2.30. The Kier molecular flexibility index (Phi) is 3.87. The third-order valence-corrected chi connectivity index (χ3v) is 2.55. The third kappa shape index (κ3) is 3.13. The first-order valence-corrected chi connectivity index (χ1v) is 4.64. The summed E-state index contributed by atoms with van der Waals surface area (Å²) in [5.41, 5.74) is 1.06. The molecule has 3 heteroatoms. The molecule has 1 saturated heterocycles. The molecule has 0 radical (unpaired) electrons. The monoisotopic (exact) mass is 180 g/mol. The zero-order chi connectivity index (χ0) is 9.68. The molecule has 0 aromatic rings. The fourth-order valence-electron chi connectivity index (χ4n) is 1.76. The molecule has 1 unspecified atom stereocenters. The summed E-state index contributed by atoms with van der Waals surface area (Å²) in [7, 11) is 2.11. The van der Waals surface area contributed by atoms with Crippen LogP contribution in [0.25, 0.3) is 0 Å². The van der Waals surface area contributed by atoms with E-state index in [2.05, 4.69) is 23.5 Å². The first kappa shape index (κ1) is 10.2. The van der Waals surface area contributed by atoms with Crippen molar-refractivity contribution in [2.24, 2.45) is 10.9 Å². The molecule has 0 bridgehead atoms. The minimum Gasteiger partial charge on any atom is -0.306 e. The highest BCUT2D eigenvalue weighted by atomic mass is 16.1. The van der Waals surface area contributed by atoms with Gasteiger partial charge in [0.15, 0.2) is 0 Å². The summed E-state index contributed by atoms with van der Waals surface area (Å²) in [6, 6.07) is 0. The van der Waals surface area contributed by atoms with Gasteiger partial charge in [-0.15, -0.1) is 0 Å². The molecule has 1 rings (SSSR count). The van der Waals surface area contributed by atoms with Crippen LogP contribution in [0.1, 0.15) is 12.8 Å². The Labute approximate surface area is 79.1 Å². The molecule has 0 aromatic carbocycles. The smallest absolute Gasteiger partial charge is 0.235 e. The van der Waals surface area contributed by atoms with Gasteiger partial charge in [0, 0.05) is 6.54 Å². The maximum atomic E-state index is 9.91. The fraction of sp³-hybridized carbons (Fsp3) is 0.700.